The van der Waals surface area contributed by atoms with Crippen LogP contribution in [-0.2, 0) is 6.42 Å². The second-order valence-corrected chi connectivity index (χ2v) is 8.20. The first-order valence-electron chi connectivity index (χ1n) is 11.3. The molecule has 166 valence electrons. The van der Waals surface area contributed by atoms with Crippen LogP contribution in [0.1, 0.15) is 57.4 Å². The van der Waals surface area contributed by atoms with E-state index in [1.54, 1.807) is 0 Å². The summed E-state index contributed by atoms with van der Waals surface area (Å²) in [6.07, 6.45) is 7.32. The van der Waals surface area contributed by atoms with Gasteiger partial charge in [-0.2, -0.15) is 0 Å². The number of hydrogen-bond acceptors (Lipinski definition) is 1. The molecule has 0 saturated heterocycles. The Hall–Kier alpha value is -3.32. The van der Waals surface area contributed by atoms with Gasteiger partial charge in [0.1, 0.15) is 0 Å². The number of aryl methyl sites for hydroxylation is 1. The smallest absolute Gasteiger partial charge is 0.0485 e. The van der Waals surface area contributed by atoms with Crippen molar-refractivity contribution in [3.8, 4) is 0 Å². The van der Waals surface area contributed by atoms with Gasteiger partial charge >= 0.3 is 0 Å². The first-order chi connectivity index (χ1) is 15.3. The summed E-state index contributed by atoms with van der Waals surface area (Å²) >= 11 is 0. The summed E-state index contributed by atoms with van der Waals surface area (Å²) in [5.41, 5.74) is 10.7. The molecule has 0 amide bonds. The Labute approximate surface area is 195 Å². The van der Waals surface area contributed by atoms with Crippen LogP contribution in [0.2, 0.25) is 0 Å². The van der Waals surface area contributed by atoms with Crippen molar-refractivity contribution in [2.24, 2.45) is 0 Å². The van der Waals surface area contributed by atoms with E-state index in [1.807, 2.05) is 19.1 Å². The van der Waals surface area contributed by atoms with Gasteiger partial charge in [0, 0.05) is 11.7 Å². The van der Waals surface area contributed by atoms with Crippen LogP contribution in [-0.4, -0.2) is 0 Å². The summed E-state index contributed by atoms with van der Waals surface area (Å²) in [6, 6.07) is 19.3. The third kappa shape index (κ3) is 6.59. The van der Waals surface area contributed by atoms with Crippen molar-refractivity contribution in [1.82, 2.24) is 5.32 Å². The molecule has 32 heavy (non-hydrogen) atoms. The monoisotopic (exact) mass is 423 g/mol. The molecule has 0 heterocycles. The quantitative estimate of drug-likeness (QED) is 0.440. The first kappa shape index (κ1) is 24.9. The zero-order valence-electron chi connectivity index (χ0n) is 20.3. The summed E-state index contributed by atoms with van der Waals surface area (Å²) in [5, 5.41) is 3.48. The predicted octanol–water partition coefficient (Wildman–Crippen LogP) is 8.52. The normalized spacial score (nSPS) is 14.6. The molecule has 0 aromatic heterocycles. The summed E-state index contributed by atoms with van der Waals surface area (Å²) < 4.78 is 0. The van der Waals surface area contributed by atoms with Crippen LogP contribution in [0.25, 0.3) is 5.57 Å². The van der Waals surface area contributed by atoms with Crippen LogP contribution < -0.4 is 5.32 Å². The van der Waals surface area contributed by atoms with E-state index in [-0.39, 0.29) is 0 Å². The molecule has 1 heteroatoms. The van der Waals surface area contributed by atoms with Crippen molar-refractivity contribution >= 4 is 5.57 Å². The molecule has 0 unspecified atom stereocenters. The van der Waals surface area contributed by atoms with Crippen molar-refractivity contribution in [3.63, 3.8) is 0 Å². The summed E-state index contributed by atoms with van der Waals surface area (Å²) in [5.74, 6) is 0. The molecule has 0 fully saturated rings. The topological polar surface area (TPSA) is 12.0 Å². The lowest BCUT2D eigenvalue weighted by atomic mass is 9.85. The van der Waals surface area contributed by atoms with Crippen molar-refractivity contribution in [1.29, 1.82) is 0 Å². The molecule has 0 bridgehead atoms. The molecule has 2 aromatic rings. The fourth-order valence-electron chi connectivity index (χ4n) is 3.59. The van der Waals surface area contributed by atoms with Crippen molar-refractivity contribution < 1.29 is 0 Å². The average molecular weight is 424 g/mol. The zero-order chi connectivity index (χ0) is 23.7. The second kappa shape index (κ2) is 11.9. The molecule has 1 aliphatic rings. The van der Waals surface area contributed by atoms with Crippen LogP contribution in [0.5, 0.6) is 0 Å². The lowest BCUT2D eigenvalue weighted by Gasteiger charge is -2.30. The second-order valence-electron chi connectivity index (χ2n) is 8.20. The minimum atomic E-state index is 0.302. The van der Waals surface area contributed by atoms with Gasteiger partial charge in [0.15, 0.2) is 0 Å². The Morgan fingerprint density at radius 2 is 1.72 bits per heavy atom. The molecule has 3 rings (SSSR count). The molecule has 1 atom stereocenters. The highest BCUT2D eigenvalue weighted by Gasteiger charge is 2.23. The van der Waals surface area contributed by atoms with Crippen molar-refractivity contribution in [2.75, 3.05) is 0 Å². The Balaban J connectivity index is 0.000000227. The number of allylic oxidation sites excluding steroid dienone is 7. The van der Waals surface area contributed by atoms with E-state index in [0.717, 1.165) is 28.8 Å². The zero-order valence-corrected chi connectivity index (χ0v) is 20.3. The Bertz CT molecular complexity index is 1060. The molecular weight excluding hydrogens is 386 g/mol. The SMILES string of the molecule is C=C(/C=C(C)\C=C/C)c1cccc(CC)c1.C=C1C(=C)C(N[C@H](C)c2ccccc2)=C1C. The van der Waals surface area contributed by atoms with Crippen LogP contribution in [0, 0.1) is 0 Å². The van der Waals surface area contributed by atoms with Gasteiger partial charge in [0.05, 0.1) is 0 Å². The number of benzene rings is 2. The van der Waals surface area contributed by atoms with Gasteiger partial charge in [0.2, 0.25) is 0 Å². The standard InChI is InChI=1S/C16H20.C15H17N/c1-5-8-13(3)11-14(4)16-10-7-9-15(6-2)12-16;1-10-11(2)15(12(10)3)16-13(4)14-8-6-5-7-9-14/h5,7-12H,4,6H2,1-3H3;5-9,13,16H,1-2H2,3-4H3/b8-5-,13-11-;/t;13-/m.1/s1. The minimum absolute atomic E-state index is 0.302. The first-order valence-corrected chi connectivity index (χ1v) is 11.3. The van der Waals surface area contributed by atoms with E-state index in [9.17, 15) is 0 Å². The van der Waals surface area contributed by atoms with Crippen molar-refractivity contribution in [2.45, 2.75) is 47.1 Å². The third-order valence-electron chi connectivity index (χ3n) is 5.69. The molecule has 2 aromatic carbocycles. The van der Waals surface area contributed by atoms with Gasteiger partial charge in [-0.15, -0.1) is 0 Å². The fraction of sp³-hybridized carbons (Fsp3) is 0.226. The van der Waals surface area contributed by atoms with Crippen LogP contribution in [0.3, 0.4) is 0 Å². The number of nitrogens with one attached hydrogen (secondary N) is 1. The van der Waals surface area contributed by atoms with Gasteiger partial charge in [-0.25, -0.2) is 0 Å². The van der Waals surface area contributed by atoms with Gasteiger partial charge < -0.3 is 5.32 Å². The predicted molar refractivity (Wildman–Crippen MR) is 142 cm³/mol. The van der Waals surface area contributed by atoms with E-state index in [2.05, 4.69) is 113 Å². The highest BCUT2D eigenvalue weighted by molar-refractivity contribution is 5.73. The third-order valence-corrected chi connectivity index (χ3v) is 5.69. The molecule has 1 aliphatic carbocycles. The molecule has 1 nitrogen and oxygen atoms in total. The molecule has 0 radical (unpaired) electrons. The highest BCUT2D eigenvalue weighted by Crippen LogP contribution is 2.36. The van der Waals surface area contributed by atoms with E-state index in [1.165, 1.54) is 27.8 Å². The lowest BCUT2D eigenvalue weighted by molar-refractivity contribution is 0.647. The molecule has 1 N–H and O–H groups in total. The van der Waals surface area contributed by atoms with Crippen molar-refractivity contribution in [3.05, 3.63) is 137 Å². The molecule has 0 spiro atoms. The van der Waals surface area contributed by atoms with Crippen LogP contribution in [0.4, 0.5) is 0 Å². The maximum atomic E-state index is 4.11. The number of rotatable bonds is 7. The average Bonchev–Trinajstić information content (AvgIpc) is 2.82. The van der Waals surface area contributed by atoms with Crippen LogP contribution >= 0.6 is 0 Å². The van der Waals surface area contributed by atoms with Crippen LogP contribution in [0.15, 0.2) is 121 Å². The summed E-state index contributed by atoms with van der Waals surface area (Å²) in [4.78, 5) is 0. The van der Waals surface area contributed by atoms with Gasteiger partial charge in [-0.1, -0.05) is 105 Å². The lowest BCUT2D eigenvalue weighted by Crippen LogP contribution is -2.26. The largest absolute Gasteiger partial charge is 0.378 e. The maximum absolute atomic E-state index is 4.11. The highest BCUT2D eigenvalue weighted by atomic mass is 14.9. The summed E-state index contributed by atoms with van der Waals surface area (Å²) in [6.45, 7) is 22.6. The van der Waals surface area contributed by atoms with Gasteiger partial charge in [-0.05, 0) is 73.1 Å². The number of hydrogen-bond donors (Lipinski definition) is 1. The van der Waals surface area contributed by atoms with Gasteiger partial charge in [-0.3, -0.25) is 0 Å². The fourth-order valence-corrected chi connectivity index (χ4v) is 3.59. The Morgan fingerprint density at radius 1 is 1.03 bits per heavy atom. The maximum Gasteiger partial charge on any atom is 0.0485 e. The molecule has 0 aliphatic heterocycles. The minimum Gasteiger partial charge on any atom is -0.378 e. The Morgan fingerprint density at radius 3 is 2.31 bits per heavy atom. The molecule has 0 saturated carbocycles. The summed E-state index contributed by atoms with van der Waals surface area (Å²) in [7, 11) is 0. The van der Waals surface area contributed by atoms with E-state index in [0.29, 0.717) is 6.04 Å². The molecular formula is C31H37N. The van der Waals surface area contributed by atoms with E-state index < -0.39 is 0 Å². The van der Waals surface area contributed by atoms with E-state index >= 15 is 0 Å². The Kier molecular flexibility index (Phi) is 9.28. The van der Waals surface area contributed by atoms with Gasteiger partial charge in [0.25, 0.3) is 0 Å². The van der Waals surface area contributed by atoms with E-state index in [4.69, 9.17) is 0 Å².